The highest BCUT2D eigenvalue weighted by Gasteiger charge is 2.18. The summed E-state index contributed by atoms with van der Waals surface area (Å²) in [6, 6.07) is 29.0. The van der Waals surface area contributed by atoms with E-state index in [4.69, 9.17) is 9.84 Å². The van der Waals surface area contributed by atoms with Gasteiger partial charge >= 0.3 is 11.9 Å². The first-order valence-corrected chi connectivity index (χ1v) is 13.4. The Morgan fingerprint density at radius 3 is 1.88 bits per heavy atom. The number of nitrogens with one attached hydrogen (secondary N) is 2. The Bertz CT molecular complexity index is 1830. The SMILES string of the molecule is O=C(CNC(=O)c1ccc(CNC(=O)c2cccc(C(=O)O)c2)cc1)COC(=O)c1c2ccccc2cc2ccccc12. The number of fused-ring (bicyclic) bond motifs is 2. The fourth-order valence-electron chi connectivity index (χ4n) is 4.64. The Labute approximate surface area is 246 Å². The van der Waals surface area contributed by atoms with Gasteiger partial charge in [0, 0.05) is 17.7 Å². The van der Waals surface area contributed by atoms with Crippen molar-refractivity contribution in [2.24, 2.45) is 0 Å². The van der Waals surface area contributed by atoms with Gasteiger partial charge in [-0.25, -0.2) is 9.59 Å². The van der Waals surface area contributed by atoms with Crippen molar-refractivity contribution in [1.29, 1.82) is 0 Å². The molecular weight excluding hydrogens is 548 g/mol. The van der Waals surface area contributed by atoms with Gasteiger partial charge in [-0.3, -0.25) is 14.4 Å². The van der Waals surface area contributed by atoms with Gasteiger partial charge in [0.1, 0.15) is 0 Å². The van der Waals surface area contributed by atoms with E-state index in [1.807, 2.05) is 54.6 Å². The summed E-state index contributed by atoms with van der Waals surface area (Å²) in [7, 11) is 0. The van der Waals surface area contributed by atoms with Gasteiger partial charge in [-0.2, -0.15) is 0 Å². The molecule has 0 heterocycles. The number of benzene rings is 5. The van der Waals surface area contributed by atoms with Gasteiger partial charge < -0.3 is 20.5 Å². The van der Waals surface area contributed by atoms with Crippen LogP contribution in [0.5, 0.6) is 0 Å². The van der Waals surface area contributed by atoms with E-state index in [9.17, 15) is 24.0 Å². The number of ether oxygens (including phenoxy) is 1. The molecule has 9 heteroatoms. The smallest absolute Gasteiger partial charge is 0.339 e. The first kappa shape index (κ1) is 28.7. The number of carbonyl (C=O) groups excluding carboxylic acids is 4. The summed E-state index contributed by atoms with van der Waals surface area (Å²) in [6.07, 6.45) is 0. The molecule has 9 nitrogen and oxygen atoms in total. The lowest BCUT2D eigenvalue weighted by Gasteiger charge is -2.11. The minimum Gasteiger partial charge on any atom is -0.478 e. The van der Waals surface area contributed by atoms with E-state index in [0.717, 1.165) is 21.5 Å². The van der Waals surface area contributed by atoms with Crippen molar-refractivity contribution in [2.75, 3.05) is 13.2 Å². The monoisotopic (exact) mass is 574 g/mol. The number of Topliss-reactive ketones (excluding diaryl/α,β-unsaturated/α-hetero) is 1. The molecule has 0 aromatic heterocycles. The summed E-state index contributed by atoms with van der Waals surface area (Å²) in [5, 5.41) is 17.5. The quantitative estimate of drug-likeness (QED) is 0.161. The predicted molar refractivity (Wildman–Crippen MR) is 160 cm³/mol. The lowest BCUT2D eigenvalue weighted by molar-refractivity contribution is -0.121. The number of carboxylic acids is 1. The van der Waals surface area contributed by atoms with Crippen molar-refractivity contribution in [2.45, 2.75) is 6.54 Å². The number of hydrogen-bond acceptors (Lipinski definition) is 6. The number of ketones is 1. The molecule has 5 aromatic rings. The topological polar surface area (TPSA) is 139 Å². The van der Waals surface area contributed by atoms with Crippen LogP contribution in [0.4, 0.5) is 0 Å². The summed E-state index contributed by atoms with van der Waals surface area (Å²) in [5.74, 6) is -3.14. The standard InChI is InChI=1S/C34H26N2O7/c37-27(20-43-34(42)30-28-10-3-1-6-23(28)16-24-7-2-4-11-29(24)30)19-36-31(38)22-14-12-21(13-15-22)18-35-32(39)25-8-5-9-26(17-25)33(40)41/h1-17H,18-20H2,(H,35,39)(H,36,38)(H,40,41). The van der Waals surface area contributed by atoms with E-state index >= 15 is 0 Å². The summed E-state index contributed by atoms with van der Waals surface area (Å²) in [5.41, 5.74) is 1.63. The maximum atomic E-state index is 13.1. The van der Waals surface area contributed by atoms with Crippen molar-refractivity contribution in [1.82, 2.24) is 10.6 Å². The predicted octanol–water partition coefficient (Wildman–Crippen LogP) is 4.78. The van der Waals surface area contributed by atoms with Crippen molar-refractivity contribution in [3.63, 3.8) is 0 Å². The van der Waals surface area contributed by atoms with Crippen LogP contribution in [-0.2, 0) is 16.1 Å². The highest BCUT2D eigenvalue weighted by molar-refractivity contribution is 6.16. The Morgan fingerprint density at radius 2 is 1.23 bits per heavy atom. The largest absolute Gasteiger partial charge is 0.478 e. The highest BCUT2D eigenvalue weighted by Crippen LogP contribution is 2.29. The van der Waals surface area contributed by atoms with Gasteiger partial charge in [0.2, 0.25) is 0 Å². The van der Waals surface area contributed by atoms with Gasteiger partial charge in [-0.05, 0) is 63.5 Å². The average Bonchev–Trinajstić information content (AvgIpc) is 3.04. The third-order valence-corrected chi connectivity index (χ3v) is 6.83. The van der Waals surface area contributed by atoms with Gasteiger partial charge in [-0.15, -0.1) is 0 Å². The van der Waals surface area contributed by atoms with E-state index in [0.29, 0.717) is 16.7 Å². The molecular formula is C34H26N2O7. The lowest BCUT2D eigenvalue weighted by atomic mass is 9.97. The van der Waals surface area contributed by atoms with Crippen molar-refractivity contribution < 1.29 is 33.8 Å². The van der Waals surface area contributed by atoms with Crippen LogP contribution in [-0.4, -0.2) is 47.8 Å². The molecule has 0 spiro atoms. The van der Waals surface area contributed by atoms with Gasteiger partial charge in [-0.1, -0.05) is 66.7 Å². The van der Waals surface area contributed by atoms with Crippen LogP contribution in [0, 0.1) is 0 Å². The van der Waals surface area contributed by atoms with Crippen LogP contribution in [0.15, 0.2) is 103 Å². The normalized spacial score (nSPS) is 10.7. The molecule has 43 heavy (non-hydrogen) atoms. The Kier molecular flexibility index (Phi) is 8.53. The Balaban J connectivity index is 1.12. The fourth-order valence-corrected chi connectivity index (χ4v) is 4.64. The lowest BCUT2D eigenvalue weighted by Crippen LogP contribution is -2.32. The molecule has 0 bridgehead atoms. The zero-order valence-corrected chi connectivity index (χ0v) is 22.8. The molecule has 0 saturated heterocycles. The number of hydrogen-bond donors (Lipinski definition) is 3. The zero-order valence-electron chi connectivity index (χ0n) is 22.8. The second-order valence-corrected chi connectivity index (χ2v) is 9.76. The summed E-state index contributed by atoms with van der Waals surface area (Å²) < 4.78 is 5.35. The van der Waals surface area contributed by atoms with Gasteiger partial charge in [0.05, 0.1) is 17.7 Å². The molecule has 5 aromatic carbocycles. The number of amides is 2. The third kappa shape index (κ3) is 6.74. The van der Waals surface area contributed by atoms with Crippen molar-refractivity contribution >= 4 is 51.1 Å². The molecule has 2 amide bonds. The zero-order chi connectivity index (χ0) is 30.3. The summed E-state index contributed by atoms with van der Waals surface area (Å²) >= 11 is 0. The second kappa shape index (κ2) is 12.8. The molecule has 0 radical (unpaired) electrons. The van der Waals surface area contributed by atoms with Gasteiger partial charge in [0.25, 0.3) is 11.8 Å². The fraction of sp³-hybridized carbons (Fsp3) is 0.0882. The van der Waals surface area contributed by atoms with E-state index in [1.165, 1.54) is 24.3 Å². The van der Waals surface area contributed by atoms with E-state index in [-0.39, 0.29) is 24.2 Å². The molecule has 214 valence electrons. The molecule has 0 aliphatic heterocycles. The van der Waals surface area contributed by atoms with Gasteiger partial charge in [0.15, 0.2) is 12.4 Å². The van der Waals surface area contributed by atoms with Crippen LogP contribution < -0.4 is 10.6 Å². The minimum atomic E-state index is -1.12. The molecule has 0 saturated carbocycles. The maximum absolute atomic E-state index is 13.1. The van der Waals surface area contributed by atoms with E-state index in [1.54, 1.807) is 24.3 Å². The average molecular weight is 575 g/mol. The summed E-state index contributed by atoms with van der Waals surface area (Å²) in [6.45, 7) is -0.659. The molecule has 0 atom stereocenters. The van der Waals surface area contributed by atoms with E-state index in [2.05, 4.69) is 10.6 Å². The number of esters is 1. The molecule has 5 rings (SSSR count). The molecule has 0 fully saturated rings. The first-order valence-electron chi connectivity index (χ1n) is 13.4. The number of rotatable bonds is 10. The van der Waals surface area contributed by atoms with Crippen molar-refractivity contribution in [3.05, 3.63) is 131 Å². The van der Waals surface area contributed by atoms with Crippen LogP contribution in [0.3, 0.4) is 0 Å². The Hall–Kier alpha value is -5.83. The van der Waals surface area contributed by atoms with Crippen molar-refractivity contribution in [3.8, 4) is 0 Å². The first-order chi connectivity index (χ1) is 20.8. The van der Waals surface area contributed by atoms with Crippen LogP contribution >= 0.6 is 0 Å². The molecule has 0 aliphatic rings. The highest BCUT2D eigenvalue weighted by atomic mass is 16.5. The number of carbonyl (C=O) groups is 5. The Morgan fingerprint density at radius 1 is 0.628 bits per heavy atom. The van der Waals surface area contributed by atoms with Crippen LogP contribution in [0.25, 0.3) is 21.5 Å². The number of carboxylic acid groups (broad SMARTS) is 1. The molecule has 0 unspecified atom stereocenters. The van der Waals surface area contributed by atoms with E-state index < -0.39 is 36.1 Å². The third-order valence-electron chi connectivity index (χ3n) is 6.83. The van der Waals surface area contributed by atoms with Crippen LogP contribution in [0.1, 0.15) is 47.0 Å². The van der Waals surface area contributed by atoms with Crippen LogP contribution in [0.2, 0.25) is 0 Å². The maximum Gasteiger partial charge on any atom is 0.339 e. The second-order valence-electron chi connectivity index (χ2n) is 9.76. The summed E-state index contributed by atoms with van der Waals surface area (Å²) in [4.78, 5) is 61.6. The number of aromatic carboxylic acids is 1. The molecule has 0 aliphatic carbocycles. The minimum absolute atomic E-state index is 0.0121. The molecule has 3 N–H and O–H groups in total.